The molecule has 4 heteroatoms. The van der Waals surface area contributed by atoms with Crippen molar-refractivity contribution in [2.75, 3.05) is 26.2 Å². The van der Waals surface area contributed by atoms with Crippen molar-refractivity contribution < 1.29 is 9.18 Å². The van der Waals surface area contributed by atoms with Crippen molar-refractivity contribution in [3.8, 4) is 0 Å². The summed E-state index contributed by atoms with van der Waals surface area (Å²) in [6.45, 7) is 6.02. The number of nitrogens with one attached hydrogen (secondary N) is 1. The molecule has 0 aromatic heterocycles. The molecule has 1 saturated heterocycles. The summed E-state index contributed by atoms with van der Waals surface area (Å²) in [6, 6.07) is 6.42. The highest BCUT2D eigenvalue weighted by molar-refractivity contribution is 5.78. The van der Waals surface area contributed by atoms with E-state index in [0.717, 1.165) is 25.6 Å². The van der Waals surface area contributed by atoms with E-state index < -0.39 is 0 Å². The summed E-state index contributed by atoms with van der Waals surface area (Å²) in [6.07, 6.45) is 2.66. The fourth-order valence-corrected chi connectivity index (χ4v) is 2.72. The van der Waals surface area contributed by atoms with E-state index >= 15 is 0 Å². The zero-order valence-electron chi connectivity index (χ0n) is 12.1. The molecule has 3 nitrogen and oxygen atoms in total. The van der Waals surface area contributed by atoms with Gasteiger partial charge in [0.15, 0.2) is 0 Å². The first-order chi connectivity index (χ1) is 9.65. The first kappa shape index (κ1) is 15.0. The Morgan fingerprint density at radius 3 is 3.00 bits per heavy atom. The minimum Gasteiger partial charge on any atom is -0.355 e. The lowest BCUT2D eigenvalue weighted by atomic mass is 10.0. The Labute approximate surface area is 120 Å². The minimum absolute atomic E-state index is 0.111. The van der Waals surface area contributed by atoms with E-state index in [1.165, 1.54) is 18.9 Å². The molecule has 1 aliphatic heterocycles. The second-order valence-corrected chi connectivity index (χ2v) is 5.67. The van der Waals surface area contributed by atoms with Gasteiger partial charge in [0.2, 0.25) is 5.91 Å². The van der Waals surface area contributed by atoms with Crippen LogP contribution in [0.2, 0.25) is 0 Å². The summed E-state index contributed by atoms with van der Waals surface area (Å²) in [5, 5.41) is 2.87. The van der Waals surface area contributed by atoms with E-state index in [0.29, 0.717) is 12.1 Å². The molecule has 110 valence electrons. The zero-order valence-corrected chi connectivity index (χ0v) is 12.1. The molecule has 20 heavy (non-hydrogen) atoms. The van der Waals surface area contributed by atoms with E-state index in [2.05, 4.69) is 17.1 Å². The number of piperidine rings is 1. The van der Waals surface area contributed by atoms with E-state index in [1.807, 2.05) is 0 Å². The number of rotatable bonds is 5. The van der Waals surface area contributed by atoms with E-state index in [9.17, 15) is 9.18 Å². The molecule has 1 atom stereocenters. The summed E-state index contributed by atoms with van der Waals surface area (Å²) >= 11 is 0. The van der Waals surface area contributed by atoms with Crippen LogP contribution >= 0.6 is 0 Å². The fourth-order valence-electron chi connectivity index (χ4n) is 2.72. The van der Waals surface area contributed by atoms with Crippen LogP contribution in [0, 0.1) is 11.7 Å². The molecule has 0 unspecified atom stereocenters. The van der Waals surface area contributed by atoms with Crippen LogP contribution in [0.15, 0.2) is 24.3 Å². The monoisotopic (exact) mass is 278 g/mol. The largest absolute Gasteiger partial charge is 0.355 e. The first-order valence-electron chi connectivity index (χ1n) is 7.37. The maximum atomic E-state index is 13.4. The number of hydrogen-bond acceptors (Lipinski definition) is 2. The van der Waals surface area contributed by atoms with Gasteiger partial charge in [-0.15, -0.1) is 0 Å². The van der Waals surface area contributed by atoms with Crippen LogP contribution in [0.4, 0.5) is 4.39 Å². The second-order valence-electron chi connectivity index (χ2n) is 5.67. The minimum atomic E-state index is -0.312. The van der Waals surface area contributed by atoms with Crippen LogP contribution in [-0.4, -0.2) is 37.0 Å². The van der Waals surface area contributed by atoms with Gasteiger partial charge in [-0.1, -0.05) is 25.1 Å². The number of hydrogen-bond donors (Lipinski definition) is 1. The summed E-state index contributed by atoms with van der Waals surface area (Å²) in [7, 11) is 0. The predicted molar refractivity (Wildman–Crippen MR) is 78.0 cm³/mol. The predicted octanol–water partition coefficient (Wildman–Crippen LogP) is 2.22. The third kappa shape index (κ3) is 4.60. The number of carbonyl (C=O) groups excluding carboxylic acids is 1. The van der Waals surface area contributed by atoms with Gasteiger partial charge in [-0.3, -0.25) is 4.79 Å². The molecule has 0 bridgehead atoms. The average Bonchev–Trinajstić information content (AvgIpc) is 2.41. The van der Waals surface area contributed by atoms with Gasteiger partial charge in [-0.05, 0) is 36.9 Å². The Morgan fingerprint density at radius 1 is 1.45 bits per heavy atom. The van der Waals surface area contributed by atoms with Crippen LogP contribution in [0.3, 0.4) is 0 Å². The number of likely N-dealkylation sites (tertiary alicyclic amines) is 1. The lowest BCUT2D eigenvalue weighted by Gasteiger charge is -2.30. The zero-order chi connectivity index (χ0) is 14.4. The Kier molecular flexibility index (Phi) is 5.53. The normalized spacial score (nSPS) is 19.8. The van der Waals surface area contributed by atoms with Gasteiger partial charge in [0.25, 0.3) is 0 Å². The number of halogens is 1. The van der Waals surface area contributed by atoms with Crippen molar-refractivity contribution in [3.05, 3.63) is 35.6 Å². The first-order valence-corrected chi connectivity index (χ1v) is 7.37. The third-order valence-electron chi connectivity index (χ3n) is 3.80. The topological polar surface area (TPSA) is 32.3 Å². The van der Waals surface area contributed by atoms with E-state index in [4.69, 9.17) is 0 Å². The molecular formula is C16H23FN2O. The maximum Gasteiger partial charge on any atom is 0.224 e. The molecule has 2 rings (SSSR count). The molecule has 1 amide bonds. The molecule has 0 spiro atoms. The Morgan fingerprint density at radius 2 is 2.25 bits per heavy atom. The van der Waals surface area contributed by atoms with Gasteiger partial charge < -0.3 is 10.2 Å². The third-order valence-corrected chi connectivity index (χ3v) is 3.80. The van der Waals surface area contributed by atoms with Gasteiger partial charge >= 0.3 is 0 Å². The lowest BCUT2D eigenvalue weighted by Crippen LogP contribution is -2.40. The Balaban J connectivity index is 1.69. The van der Waals surface area contributed by atoms with Crippen molar-refractivity contribution in [1.29, 1.82) is 0 Å². The molecule has 0 aliphatic carbocycles. The van der Waals surface area contributed by atoms with Crippen LogP contribution in [0.5, 0.6) is 0 Å². The summed E-state index contributed by atoms with van der Waals surface area (Å²) in [4.78, 5) is 14.2. The van der Waals surface area contributed by atoms with Crippen molar-refractivity contribution in [2.24, 2.45) is 5.92 Å². The molecular weight excluding hydrogens is 255 g/mol. The summed E-state index contributed by atoms with van der Waals surface area (Å²) in [5.41, 5.74) is 0.455. The molecule has 1 heterocycles. The molecule has 1 N–H and O–H groups in total. The van der Waals surface area contributed by atoms with Gasteiger partial charge in [0.05, 0.1) is 6.42 Å². The molecule has 1 aliphatic rings. The Hall–Kier alpha value is -1.42. The number of carbonyl (C=O) groups is 1. The van der Waals surface area contributed by atoms with Crippen molar-refractivity contribution in [1.82, 2.24) is 10.2 Å². The van der Waals surface area contributed by atoms with Gasteiger partial charge in [-0.2, -0.15) is 0 Å². The maximum absolute atomic E-state index is 13.4. The van der Waals surface area contributed by atoms with Crippen LogP contribution in [0.1, 0.15) is 25.3 Å². The number of nitrogens with zero attached hydrogens (tertiary/aromatic N) is 1. The highest BCUT2D eigenvalue weighted by Gasteiger charge is 2.15. The molecule has 0 saturated carbocycles. The second kappa shape index (κ2) is 7.39. The summed E-state index contributed by atoms with van der Waals surface area (Å²) in [5.74, 6) is 0.325. The highest BCUT2D eigenvalue weighted by Crippen LogP contribution is 2.14. The molecule has 1 aromatic carbocycles. The SMILES string of the molecule is C[C@H]1CCCN(CCNC(=O)Cc2ccccc2F)C1. The standard InChI is InChI=1S/C16H23FN2O/c1-13-5-4-9-19(12-13)10-8-18-16(20)11-14-6-2-3-7-15(14)17/h2-3,6-7,13H,4-5,8-12H2,1H3,(H,18,20)/t13-/m0/s1. The molecule has 1 fully saturated rings. The quantitative estimate of drug-likeness (QED) is 0.895. The van der Waals surface area contributed by atoms with E-state index in [1.54, 1.807) is 18.2 Å². The van der Waals surface area contributed by atoms with E-state index in [-0.39, 0.29) is 18.1 Å². The Bertz CT molecular complexity index is 450. The fraction of sp³-hybridized carbons (Fsp3) is 0.562. The lowest BCUT2D eigenvalue weighted by molar-refractivity contribution is -0.120. The van der Waals surface area contributed by atoms with Crippen LogP contribution in [0.25, 0.3) is 0 Å². The smallest absolute Gasteiger partial charge is 0.224 e. The van der Waals surface area contributed by atoms with Gasteiger partial charge in [0.1, 0.15) is 5.82 Å². The number of benzene rings is 1. The van der Waals surface area contributed by atoms with Crippen molar-refractivity contribution in [3.63, 3.8) is 0 Å². The average molecular weight is 278 g/mol. The van der Waals surface area contributed by atoms with Crippen LogP contribution < -0.4 is 5.32 Å². The molecule has 1 aromatic rings. The van der Waals surface area contributed by atoms with Gasteiger partial charge in [-0.25, -0.2) is 4.39 Å². The highest BCUT2D eigenvalue weighted by atomic mass is 19.1. The molecule has 0 radical (unpaired) electrons. The van der Waals surface area contributed by atoms with Gasteiger partial charge in [0, 0.05) is 19.6 Å². The van der Waals surface area contributed by atoms with Crippen molar-refractivity contribution >= 4 is 5.91 Å². The number of amides is 1. The summed E-state index contributed by atoms with van der Waals surface area (Å²) < 4.78 is 13.4. The van der Waals surface area contributed by atoms with Crippen molar-refractivity contribution in [2.45, 2.75) is 26.2 Å². The van der Waals surface area contributed by atoms with Crippen LogP contribution in [-0.2, 0) is 11.2 Å².